The number of hydrogen-bond acceptors (Lipinski definition) is 6. The standard InChI is InChI=1S/C20H14N4OS/c1-25-15-8-6-13(7-9-15)16-11-26-20-18(16)19(22-12-23-20)24-17-5-3-2-4-14(17)10-21/h2-9,11-12H,1H3,(H,22,23,24). The minimum atomic E-state index is 0.570. The van der Waals surface area contributed by atoms with Crippen LogP contribution in [0.3, 0.4) is 0 Å². The molecular weight excluding hydrogens is 344 g/mol. The minimum Gasteiger partial charge on any atom is -0.497 e. The molecule has 5 nitrogen and oxygen atoms in total. The average molecular weight is 358 g/mol. The minimum absolute atomic E-state index is 0.570. The van der Waals surface area contributed by atoms with Crippen LogP contribution in [0.15, 0.2) is 60.2 Å². The Labute approximate surface area is 154 Å². The number of nitriles is 1. The Kier molecular flexibility index (Phi) is 4.22. The molecule has 1 N–H and O–H groups in total. The van der Waals surface area contributed by atoms with Crippen LogP contribution in [0.25, 0.3) is 21.3 Å². The second kappa shape index (κ2) is 6.82. The van der Waals surface area contributed by atoms with Crippen LogP contribution in [0, 0.1) is 11.3 Å². The van der Waals surface area contributed by atoms with Gasteiger partial charge >= 0.3 is 0 Å². The summed E-state index contributed by atoms with van der Waals surface area (Å²) in [6.45, 7) is 0. The summed E-state index contributed by atoms with van der Waals surface area (Å²) in [5.41, 5.74) is 3.40. The number of fused-ring (bicyclic) bond motifs is 1. The number of rotatable bonds is 4. The quantitative estimate of drug-likeness (QED) is 0.557. The molecule has 0 saturated carbocycles. The third-order valence-corrected chi connectivity index (χ3v) is 4.96. The van der Waals surface area contributed by atoms with Crippen molar-refractivity contribution in [1.82, 2.24) is 9.97 Å². The molecule has 0 unspecified atom stereocenters. The van der Waals surface area contributed by atoms with E-state index in [9.17, 15) is 5.26 Å². The molecule has 2 aromatic carbocycles. The Morgan fingerprint density at radius 1 is 1.08 bits per heavy atom. The maximum atomic E-state index is 9.32. The molecule has 0 spiro atoms. The van der Waals surface area contributed by atoms with Gasteiger partial charge in [0.2, 0.25) is 0 Å². The molecule has 4 rings (SSSR count). The van der Waals surface area contributed by atoms with Crippen LogP contribution < -0.4 is 10.1 Å². The molecule has 0 radical (unpaired) electrons. The number of thiophene rings is 1. The Morgan fingerprint density at radius 2 is 1.88 bits per heavy atom. The van der Waals surface area contributed by atoms with Crippen LogP contribution in [-0.4, -0.2) is 17.1 Å². The number of ether oxygens (including phenoxy) is 1. The van der Waals surface area contributed by atoms with Crippen LogP contribution in [0.5, 0.6) is 5.75 Å². The summed E-state index contributed by atoms with van der Waals surface area (Å²) in [5.74, 6) is 1.50. The van der Waals surface area contributed by atoms with E-state index in [-0.39, 0.29) is 0 Å². The van der Waals surface area contributed by atoms with E-state index in [2.05, 4.69) is 26.7 Å². The Morgan fingerprint density at radius 3 is 2.65 bits per heavy atom. The highest BCUT2D eigenvalue weighted by molar-refractivity contribution is 7.17. The van der Waals surface area contributed by atoms with Crippen molar-refractivity contribution in [3.63, 3.8) is 0 Å². The van der Waals surface area contributed by atoms with E-state index in [1.807, 2.05) is 42.5 Å². The number of nitrogens with zero attached hydrogens (tertiary/aromatic N) is 3. The van der Waals surface area contributed by atoms with E-state index in [4.69, 9.17) is 4.74 Å². The number of anilines is 2. The normalized spacial score (nSPS) is 10.5. The lowest BCUT2D eigenvalue weighted by Crippen LogP contribution is -1.97. The molecular formula is C20H14N4OS. The maximum absolute atomic E-state index is 9.32. The molecule has 0 atom stereocenters. The summed E-state index contributed by atoms with van der Waals surface area (Å²) in [4.78, 5) is 9.70. The molecule has 0 aliphatic heterocycles. The van der Waals surface area contributed by atoms with Crippen molar-refractivity contribution in [1.29, 1.82) is 5.26 Å². The SMILES string of the molecule is COc1ccc(-c2csc3ncnc(Nc4ccccc4C#N)c23)cc1. The summed E-state index contributed by atoms with van der Waals surface area (Å²) in [5, 5.41) is 15.6. The summed E-state index contributed by atoms with van der Waals surface area (Å²) < 4.78 is 5.24. The van der Waals surface area contributed by atoms with Gasteiger partial charge < -0.3 is 10.1 Å². The second-order valence-electron chi connectivity index (χ2n) is 5.56. The third kappa shape index (κ3) is 2.85. The lowest BCUT2D eigenvalue weighted by Gasteiger charge is -2.10. The number of methoxy groups -OCH3 is 1. The van der Waals surface area contributed by atoms with Crippen molar-refractivity contribution >= 4 is 33.1 Å². The molecule has 4 aromatic rings. The monoisotopic (exact) mass is 358 g/mol. The van der Waals surface area contributed by atoms with E-state index >= 15 is 0 Å². The van der Waals surface area contributed by atoms with Crippen molar-refractivity contribution in [3.8, 4) is 22.9 Å². The van der Waals surface area contributed by atoms with Gasteiger partial charge in [-0.25, -0.2) is 9.97 Å². The first kappa shape index (κ1) is 16.1. The zero-order valence-corrected chi connectivity index (χ0v) is 14.7. The van der Waals surface area contributed by atoms with Gasteiger partial charge in [-0.3, -0.25) is 0 Å². The van der Waals surface area contributed by atoms with E-state index < -0.39 is 0 Å². The molecule has 0 fully saturated rings. The average Bonchev–Trinajstić information content (AvgIpc) is 3.14. The molecule has 0 bridgehead atoms. The fourth-order valence-corrected chi connectivity index (χ4v) is 3.69. The van der Waals surface area contributed by atoms with Crippen LogP contribution in [0.4, 0.5) is 11.5 Å². The van der Waals surface area contributed by atoms with Gasteiger partial charge in [-0.05, 0) is 29.8 Å². The fraction of sp³-hybridized carbons (Fsp3) is 0.0500. The van der Waals surface area contributed by atoms with E-state index in [0.717, 1.165) is 32.8 Å². The predicted octanol–water partition coefficient (Wildman–Crippen LogP) is 4.98. The smallest absolute Gasteiger partial charge is 0.143 e. The lowest BCUT2D eigenvalue weighted by molar-refractivity contribution is 0.415. The van der Waals surface area contributed by atoms with Gasteiger partial charge in [0.15, 0.2) is 0 Å². The molecule has 26 heavy (non-hydrogen) atoms. The first-order chi connectivity index (χ1) is 12.8. The maximum Gasteiger partial charge on any atom is 0.143 e. The highest BCUT2D eigenvalue weighted by Crippen LogP contribution is 2.38. The van der Waals surface area contributed by atoms with Gasteiger partial charge in [-0.1, -0.05) is 24.3 Å². The molecule has 126 valence electrons. The zero-order chi connectivity index (χ0) is 17.9. The number of para-hydroxylation sites is 1. The molecule has 0 saturated heterocycles. The Balaban J connectivity index is 1.83. The van der Waals surface area contributed by atoms with E-state index in [1.54, 1.807) is 24.5 Å². The van der Waals surface area contributed by atoms with Gasteiger partial charge in [0.25, 0.3) is 0 Å². The molecule has 0 amide bonds. The third-order valence-electron chi connectivity index (χ3n) is 4.07. The van der Waals surface area contributed by atoms with Gasteiger partial charge in [-0.2, -0.15) is 5.26 Å². The van der Waals surface area contributed by atoms with Crippen LogP contribution in [0.1, 0.15) is 5.56 Å². The van der Waals surface area contributed by atoms with Gasteiger partial charge in [0.05, 0.1) is 23.7 Å². The number of nitrogens with one attached hydrogen (secondary N) is 1. The number of benzene rings is 2. The van der Waals surface area contributed by atoms with Gasteiger partial charge in [0, 0.05) is 10.9 Å². The largest absolute Gasteiger partial charge is 0.497 e. The molecule has 2 heterocycles. The topological polar surface area (TPSA) is 70.8 Å². The molecule has 6 heteroatoms. The summed E-state index contributed by atoms with van der Waals surface area (Å²) in [6.07, 6.45) is 1.54. The molecule has 0 aliphatic rings. The number of hydrogen-bond donors (Lipinski definition) is 1. The van der Waals surface area contributed by atoms with Crippen LogP contribution in [0.2, 0.25) is 0 Å². The fourth-order valence-electron chi connectivity index (χ4n) is 2.77. The Bertz CT molecular complexity index is 1110. The first-order valence-electron chi connectivity index (χ1n) is 7.93. The first-order valence-corrected chi connectivity index (χ1v) is 8.81. The summed E-state index contributed by atoms with van der Waals surface area (Å²) in [6, 6.07) is 17.5. The predicted molar refractivity (Wildman–Crippen MR) is 104 cm³/mol. The second-order valence-corrected chi connectivity index (χ2v) is 6.42. The van der Waals surface area contributed by atoms with Crippen molar-refractivity contribution in [2.45, 2.75) is 0 Å². The van der Waals surface area contributed by atoms with E-state index in [1.165, 1.54) is 6.33 Å². The molecule has 0 aliphatic carbocycles. The van der Waals surface area contributed by atoms with Crippen molar-refractivity contribution in [2.75, 3.05) is 12.4 Å². The van der Waals surface area contributed by atoms with E-state index in [0.29, 0.717) is 11.4 Å². The summed E-state index contributed by atoms with van der Waals surface area (Å²) >= 11 is 1.57. The summed E-state index contributed by atoms with van der Waals surface area (Å²) in [7, 11) is 1.65. The number of aromatic nitrogens is 2. The van der Waals surface area contributed by atoms with Gasteiger partial charge in [-0.15, -0.1) is 11.3 Å². The highest BCUT2D eigenvalue weighted by Gasteiger charge is 2.14. The van der Waals surface area contributed by atoms with Crippen molar-refractivity contribution in [3.05, 3.63) is 65.8 Å². The van der Waals surface area contributed by atoms with Crippen molar-refractivity contribution < 1.29 is 4.74 Å². The lowest BCUT2D eigenvalue weighted by atomic mass is 10.1. The molecule has 2 aromatic heterocycles. The van der Waals surface area contributed by atoms with Crippen LogP contribution >= 0.6 is 11.3 Å². The van der Waals surface area contributed by atoms with Crippen LogP contribution in [-0.2, 0) is 0 Å². The Hall–Kier alpha value is -3.43. The van der Waals surface area contributed by atoms with Gasteiger partial charge in [0.1, 0.15) is 28.8 Å². The highest BCUT2D eigenvalue weighted by atomic mass is 32.1. The van der Waals surface area contributed by atoms with Crippen molar-refractivity contribution in [2.24, 2.45) is 0 Å². The zero-order valence-electron chi connectivity index (χ0n) is 13.9.